The molecular formula is C19H23Cl2N3O. The highest BCUT2D eigenvalue weighted by Crippen LogP contribution is 2.21. The molecule has 0 saturated heterocycles. The average Bonchev–Trinajstić information content (AvgIpc) is 2.58. The Morgan fingerprint density at radius 2 is 2.00 bits per heavy atom. The van der Waals surface area contributed by atoms with Crippen molar-refractivity contribution in [3.63, 3.8) is 0 Å². The van der Waals surface area contributed by atoms with Crippen LogP contribution >= 0.6 is 23.2 Å². The second kappa shape index (κ2) is 9.70. The van der Waals surface area contributed by atoms with Crippen LogP contribution in [-0.2, 0) is 11.2 Å². The Hall–Kier alpha value is -1.70. The molecule has 0 aromatic heterocycles. The maximum Gasteiger partial charge on any atom is 0.263 e. The van der Waals surface area contributed by atoms with Crippen molar-refractivity contribution in [2.45, 2.75) is 51.5 Å². The molecule has 0 heterocycles. The Morgan fingerprint density at radius 1 is 1.28 bits per heavy atom. The zero-order valence-corrected chi connectivity index (χ0v) is 15.9. The van der Waals surface area contributed by atoms with Gasteiger partial charge in [0, 0.05) is 28.3 Å². The van der Waals surface area contributed by atoms with Crippen LogP contribution in [0, 0.1) is 11.3 Å². The van der Waals surface area contributed by atoms with E-state index in [9.17, 15) is 10.1 Å². The van der Waals surface area contributed by atoms with Crippen molar-refractivity contribution in [3.05, 3.63) is 45.1 Å². The van der Waals surface area contributed by atoms with Crippen LogP contribution in [0.3, 0.4) is 0 Å². The molecule has 0 radical (unpaired) electrons. The molecule has 0 unspecified atom stereocenters. The average molecular weight is 380 g/mol. The minimum Gasteiger partial charge on any atom is -0.387 e. The zero-order valence-electron chi connectivity index (χ0n) is 14.4. The highest BCUT2D eigenvalue weighted by Gasteiger charge is 2.19. The standard InChI is InChI=1S/C19H23Cl2N3O/c1-13(23-10-9-14-7-8-15(20)11-18(14)21)17(12-22)19(25)24-16-5-3-2-4-6-16/h7-8,11,16,23H,2-6,9-10H2,1H3,(H,24,25). The topological polar surface area (TPSA) is 64.9 Å². The van der Waals surface area contributed by atoms with Gasteiger partial charge in [-0.15, -0.1) is 0 Å². The molecule has 1 fully saturated rings. The van der Waals surface area contributed by atoms with Crippen molar-refractivity contribution in [2.75, 3.05) is 6.54 Å². The van der Waals surface area contributed by atoms with Gasteiger partial charge in [0.2, 0.25) is 0 Å². The number of amides is 1. The van der Waals surface area contributed by atoms with E-state index in [1.54, 1.807) is 19.1 Å². The first-order chi connectivity index (χ1) is 12.0. The van der Waals surface area contributed by atoms with E-state index in [4.69, 9.17) is 23.2 Å². The number of benzene rings is 1. The molecule has 1 saturated carbocycles. The number of allylic oxidation sites excluding steroid dienone is 1. The Labute approximate surface area is 159 Å². The number of carbonyl (C=O) groups excluding carboxylic acids is 1. The lowest BCUT2D eigenvalue weighted by atomic mass is 9.95. The normalized spacial score (nSPS) is 15.9. The molecule has 1 aromatic carbocycles. The maximum absolute atomic E-state index is 12.3. The number of nitrogens with one attached hydrogen (secondary N) is 2. The van der Waals surface area contributed by atoms with Gasteiger partial charge in [-0.25, -0.2) is 0 Å². The molecule has 2 N–H and O–H groups in total. The molecule has 0 aliphatic heterocycles. The number of carbonyl (C=O) groups is 1. The third-order valence-electron chi connectivity index (χ3n) is 4.45. The lowest BCUT2D eigenvalue weighted by molar-refractivity contribution is -0.118. The van der Waals surface area contributed by atoms with Crippen LogP contribution in [0.25, 0.3) is 0 Å². The van der Waals surface area contributed by atoms with Crippen molar-refractivity contribution in [2.24, 2.45) is 0 Å². The number of nitrogens with zero attached hydrogens (tertiary/aromatic N) is 1. The molecule has 25 heavy (non-hydrogen) atoms. The Bertz CT molecular complexity index is 688. The van der Waals surface area contributed by atoms with Gasteiger partial charge >= 0.3 is 0 Å². The Balaban J connectivity index is 1.91. The molecule has 0 atom stereocenters. The van der Waals surface area contributed by atoms with E-state index in [2.05, 4.69) is 10.6 Å². The molecule has 6 heteroatoms. The number of nitriles is 1. The van der Waals surface area contributed by atoms with Crippen LogP contribution in [0.4, 0.5) is 0 Å². The zero-order chi connectivity index (χ0) is 18.2. The summed E-state index contributed by atoms with van der Waals surface area (Å²) in [7, 11) is 0. The van der Waals surface area contributed by atoms with Crippen LogP contribution in [0.2, 0.25) is 10.0 Å². The number of hydrogen-bond acceptors (Lipinski definition) is 3. The third-order valence-corrected chi connectivity index (χ3v) is 5.04. The van der Waals surface area contributed by atoms with E-state index in [0.717, 1.165) is 31.2 Å². The van der Waals surface area contributed by atoms with Gasteiger partial charge in [-0.3, -0.25) is 4.79 Å². The first-order valence-corrected chi connectivity index (χ1v) is 9.36. The molecule has 1 aliphatic carbocycles. The molecule has 134 valence electrons. The molecule has 0 spiro atoms. The Kier molecular flexibility index (Phi) is 7.61. The lowest BCUT2D eigenvalue weighted by Crippen LogP contribution is -2.37. The minimum atomic E-state index is -0.288. The second-order valence-corrected chi connectivity index (χ2v) is 7.18. The van der Waals surface area contributed by atoms with E-state index >= 15 is 0 Å². The quantitative estimate of drug-likeness (QED) is 0.569. The van der Waals surface area contributed by atoms with Crippen LogP contribution < -0.4 is 10.6 Å². The van der Waals surface area contributed by atoms with Crippen LogP contribution in [0.5, 0.6) is 0 Å². The monoisotopic (exact) mass is 379 g/mol. The summed E-state index contributed by atoms with van der Waals surface area (Å²) in [6.07, 6.45) is 6.15. The smallest absolute Gasteiger partial charge is 0.263 e. The van der Waals surface area contributed by atoms with E-state index in [1.807, 2.05) is 12.1 Å². The number of halogens is 2. The van der Waals surface area contributed by atoms with Gasteiger partial charge in [-0.05, 0) is 43.9 Å². The Morgan fingerprint density at radius 3 is 2.64 bits per heavy atom. The van der Waals surface area contributed by atoms with Gasteiger partial charge in [0.25, 0.3) is 5.91 Å². The highest BCUT2D eigenvalue weighted by atomic mass is 35.5. The SMILES string of the molecule is CC(NCCc1ccc(Cl)cc1Cl)=C(C#N)C(=O)NC1CCCCC1. The van der Waals surface area contributed by atoms with E-state index in [0.29, 0.717) is 28.7 Å². The summed E-state index contributed by atoms with van der Waals surface area (Å²) >= 11 is 12.0. The summed E-state index contributed by atoms with van der Waals surface area (Å²) in [6, 6.07) is 7.59. The minimum absolute atomic E-state index is 0.146. The first-order valence-electron chi connectivity index (χ1n) is 8.61. The van der Waals surface area contributed by atoms with Crippen LogP contribution in [-0.4, -0.2) is 18.5 Å². The van der Waals surface area contributed by atoms with Crippen molar-refractivity contribution >= 4 is 29.1 Å². The fourth-order valence-electron chi connectivity index (χ4n) is 3.01. The molecule has 2 rings (SSSR count). The van der Waals surface area contributed by atoms with Crippen molar-refractivity contribution in [3.8, 4) is 6.07 Å². The fraction of sp³-hybridized carbons (Fsp3) is 0.474. The molecule has 1 amide bonds. The summed E-state index contributed by atoms with van der Waals surface area (Å²) in [5.41, 5.74) is 1.70. The molecule has 1 aromatic rings. The third kappa shape index (κ3) is 5.95. The predicted octanol–water partition coefficient (Wildman–Crippen LogP) is 4.37. The molecular weight excluding hydrogens is 357 g/mol. The molecule has 1 aliphatic rings. The second-order valence-electron chi connectivity index (χ2n) is 6.33. The predicted molar refractivity (Wildman–Crippen MR) is 101 cm³/mol. The summed E-state index contributed by atoms with van der Waals surface area (Å²) in [4.78, 5) is 12.3. The lowest BCUT2D eigenvalue weighted by Gasteiger charge is -2.22. The number of hydrogen-bond donors (Lipinski definition) is 2. The van der Waals surface area contributed by atoms with E-state index in [-0.39, 0.29) is 17.5 Å². The molecule has 4 nitrogen and oxygen atoms in total. The number of rotatable bonds is 6. The van der Waals surface area contributed by atoms with Gasteiger partial charge in [-0.1, -0.05) is 48.5 Å². The van der Waals surface area contributed by atoms with Gasteiger partial charge in [0.15, 0.2) is 0 Å². The van der Waals surface area contributed by atoms with Crippen molar-refractivity contribution in [1.29, 1.82) is 5.26 Å². The summed E-state index contributed by atoms with van der Waals surface area (Å²) in [5, 5.41) is 16.7. The molecule has 0 bridgehead atoms. The van der Waals surface area contributed by atoms with Crippen LogP contribution in [0.1, 0.15) is 44.6 Å². The van der Waals surface area contributed by atoms with Gasteiger partial charge in [-0.2, -0.15) is 5.26 Å². The van der Waals surface area contributed by atoms with Crippen molar-refractivity contribution < 1.29 is 4.79 Å². The van der Waals surface area contributed by atoms with Gasteiger partial charge in [0.1, 0.15) is 11.6 Å². The van der Waals surface area contributed by atoms with Gasteiger partial charge in [0.05, 0.1) is 0 Å². The highest BCUT2D eigenvalue weighted by molar-refractivity contribution is 6.35. The van der Waals surface area contributed by atoms with Gasteiger partial charge < -0.3 is 10.6 Å². The van der Waals surface area contributed by atoms with E-state index < -0.39 is 0 Å². The summed E-state index contributed by atoms with van der Waals surface area (Å²) in [5.74, 6) is -0.288. The van der Waals surface area contributed by atoms with Crippen LogP contribution in [0.15, 0.2) is 29.5 Å². The van der Waals surface area contributed by atoms with Crippen molar-refractivity contribution in [1.82, 2.24) is 10.6 Å². The first kappa shape index (κ1) is 19.6. The summed E-state index contributed by atoms with van der Waals surface area (Å²) < 4.78 is 0. The summed E-state index contributed by atoms with van der Waals surface area (Å²) in [6.45, 7) is 2.33. The fourth-order valence-corrected chi connectivity index (χ4v) is 3.51. The van der Waals surface area contributed by atoms with E-state index in [1.165, 1.54) is 6.42 Å². The largest absolute Gasteiger partial charge is 0.387 e. The maximum atomic E-state index is 12.3.